The van der Waals surface area contributed by atoms with Crippen molar-refractivity contribution in [1.29, 1.82) is 0 Å². The lowest BCUT2D eigenvalue weighted by Gasteiger charge is -2.41. The number of rotatable bonds is 42. The first-order chi connectivity index (χ1) is 31.6. The van der Waals surface area contributed by atoms with Crippen LogP contribution < -0.4 is 0 Å². The zero-order chi connectivity index (χ0) is 47.5. The van der Waals surface area contributed by atoms with Gasteiger partial charge >= 0.3 is 16.4 Å². The van der Waals surface area contributed by atoms with Crippen molar-refractivity contribution in [2.75, 3.05) is 26.4 Å². The van der Waals surface area contributed by atoms with Gasteiger partial charge in [-0.15, -0.1) is 0 Å². The van der Waals surface area contributed by atoms with E-state index in [0.717, 1.165) is 103 Å². The SMILES string of the molecule is CC/C=C\C/C=C\C/C=C\C/C=C\C/C=C\CCCCCCCC(=O)OC(COCCCCCCCC/C=C\C/C=C\CCCCCC)COC1OC(CO)C(O)C(OS(=O)(=O)O)C1O. The van der Waals surface area contributed by atoms with Gasteiger partial charge in [-0.25, -0.2) is 4.18 Å². The van der Waals surface area contributed by atoms with Gasteiger partial charge in [0.25, 0.3) is 0 Å². The van der Waals surface area contributed by atoms with Crippen LogP contribution in [0.2, 0.25) is 0 Å². The van der Waals surface area contributed by atoms with Crippen molar-refractivity contribution < 1.29 is 56.2 Å². The molecular weight excluding hydrogens is 849 g/mol. The fourth-order valence-electron chi connectivity index (χ4n) is 7.02. The van der Waals surface area contributed by atoms with E-state index in [-0.39, 0.29) is 19.6 Å². The summed E-state index contributed by atoms with van der Waals surface area (Å²) in [6, 6.07) is 0. The van der Waals surface area contributed by atoms with Gasteiger partial charge in [-0.3, -0.25) is 9.35 Å². The first-order valence-corrected chi connectivity index (χ1v) is 26.2. The normalized spacial score (nSPS) is 20.4. The van der Waals surface area contributed by atoms with E-state index < -0.39 is 59.8 Å². The maximum atomic E-state index is 12.9. The maximum Gasteiger partial charge on any atom is 0.397 e. The molecule has 13 heteroatoms. The Morgan fingerprint density at radius 2 is 1.06 bits per heavy atom. The molecule has 1 aliphatic rings. The zero-order valence-electron chi connectivity index (χ0n) is 40.0. The smallest absolute Gasteiger partial charge is 0.397 e. The number of carbonyl (C=O) groups is 1. The van der Waals surface area contributed by atoms with Crippen molar-refractivity contribution in [1.82, 2.24) is 0 Å². The van der Waals surface area contributed by atoms with Gasteiger partial charge < -0.3 is 34.3 Å². The van der Waals surface area contributed by atoms with E-state index in [1.165, 1.54) is 44.9 Å². The van der Waals surface area contributed by atoms with E-state index in [1.54, 1.807) is 0 Å². The second kappa shape index (κ2) is 42.6. The molecular formula is C52H88O12S. The Labute approximate surface area is 393 Å². The minimum Gasteiger partial charge on any atom is -0.457 e. The van der Waals surface area contributed by atoms with Crippen LogP contribution in [0, 0.1) is 0 Å². The second-order valence-corrected chi connectivity index (χ2v) is 17.7. The molecule has 1 fully saturated rings. The van der Waals surface area contributed by atoms with Gasteiger partial charge in [-0.05, 0) is 89.9 Å². The average Bonchev–Trinajstić information content (AvgIpc) is 3.28. The van der Waals surface area contributed by atoms with Crippen molar-refractivity contribution in [2.24, 2.45) is 0 Å². The molecule has 12 nitrogen and oxygen atoms in total. The van der Waals surface area contributed by atoms with E-state index in [2.05, 4.69) is 103 Å². The van der Waals surface area contributed by atoms with Crippen LogP contribution in [0.1, 0.15) is 174 Å². The molecule has 1 saturated heterocycles. The lowest BCUT2D eigenvalue weighted by atomic mass is 9.99. The van der Waals surface area contributed by atoms with Gasteiger partial charge in [0, 0.05) is 13.0 Å². The van der Waals surface area contributed by atoms with Crippen LogP contribution in [0.3, 0.4) is 0 Å². The van der Waals surface area contributed by atoms with E-state index in [0.29, 0.717) is 13.0 Å². The van der Waals surface area contributed by atoms with Crippen LogP contribution in [-0.2, 0) is 38.3 Å². The molecule has 0 aromatic carbocycles. The lowest BCUT2D eigenvalue weighted by Crippen LogP contribution is -2.60. The van der Waals surface area contributed by atoms with Gasteiger partial charge in [0.15, 0.2) is 6.29 Å². The Morgan fingerprint density at radius 1 is 0.600 bits per heavy atom. The summed E-state index contributed by atoms with van der Waals surface area (Å²) in [4.78, 5) is 12.9. The second-order valence-electron chi connectivity index (χ2n) is 16.7. The quantitative estimate of drug-likeness (QED) is 0.0197. The number of hydrogen-bond donors (Lipinski definition) is 4. The van der Waals surface area contributed by atoms with Gasteiger partial charge in [0.2, 0.25) is 0 Å². The molecule has 0 aliphatic carbocycles. The molecule has 374 valence electrons. The van der Waals surface area contributed by atoms with Crippen LogP contribution >= 0.6 is 0 Å². The van der Waals surface area contributed by atoms with Gasteiger partial charge in [0.1, 0.15) is 30.5 Å². The molecule has 0 saturated carbocycles. The number of aliphatic hydroxyl groups is 3. The molecule has 1 rings (SSSR count). The highest BCUT2D eigenvalue weighted by Crippen LogP contribution is 2.26. The number of ether oxygens (including phenoxy) is 4. The Bertz CT molecular complexity index is 1450. The zero-order valence-corrected chi connectivity index (χ0v) is 40.8. The molecule has 6 unspecified atom stereocenters. The number of aliphatic hydroxyl groups excluding tert-OH is 3. The van der Waals surface area contributed by atoms with Crippen molar-refractivity contribution in [3.63, 3.8) is 0 Å². The molecule has 0 radical (unpaired) electrons. The first-order valence-electron chi connectivity index (χ1n) is 24.8. The molecule has 1 heterocycles. The molecule has 4 N–H and O–H groups in total. The highest BCUT2D eigenvalue weighted by atomic mass is 32.3. The monoisotopic (exact) mass is 937 g/mol. The van der Waals surface area contributed by atoms with Crippen LogP contribution in [0.5, 0.6) is 0 Å². The maximum absolute atomic E-state index is 12.9. The number of carbonyl (C=O) groups excluding carboxylic acids is 1. The van der Waals surface area contributed by atoms with Crippen LogP contribution in [0.4, 0.5) is 0 Å². The number of unbranched alkanes of at least 4 members (excludes halogenated alkanes) is 15. The average molecular weight is 937 g/mol. The summed E-state index contributed by atoms with van der Waals surface area (Å²) >= 11 is 0. The largest absolute Gasteiger partial charge is 0.457 e. The summed E-state index contributed by atoms with van der Waals surface area (Å²) in [6.07, 6.45) is 47.5. The van der Waals surface area contributed by atoms with E-state index in [1.807, 2.05) is 0 Å². The van der Waals surface area contributed by atoms with Crippen molar-refractivity contribution >= 4 is 16.4 Å². The number of esters is 1. The molecule has 65 heavy (non-hydrogen) atoms. The number of hydrogen-bond acceptors (Lipinski definition) is 11. The molecule has 0 bridgehead atoms. The molecule has 0 aromatic rings. The molecule has 0 aromatic heterocycles. The third kappa shape index (κ3) is 36.1. The Hall–Kier alpha value is -2.72. The fraction of sp³-hybridized carbons (Fsp3) is 0.712. The highest BCUT2D eigenvalue weighted by Gasteiger charge is 2.48. The van der Waals surface area contributed by atoms with Crippen molar-refractivity contribution in [3.8, 4) is 0 Å². The Morgan fingerprint density at radius 3 is 1.55 bits per heavy atom. The summed E-state index contributed by atoms with van der Waals surface area (Å²) in [5.74, 6) is -0.425. The van der Waals surface area contributed by atoms with Crippen LogP contribution in [-0.4, -0.2) is 97.5 Å². The summed E-state index contributed by atoms with van der Waals surface area (Å²) < 4.78 is 59.2. The predicted octanol–water partition coefficient (Wildman–Crippen LogP) is 11.2. The standard InChI is InChI=1S/C52H88O12S/c1-3-5-7-9-11-13-15-17-19-21-22-23-24-25-27-29-31-33-35-37-39-41-48(54)62-46(45-61-52-50(56)51(64-65(57,58)59)49(55)47(43-53)63-52)44-60-42-40-38-36-34-32-30-28-26-20-18-16-14-12-10-8-6-4-2/h5,7,11,13-14,16-17,19-20,22-23,25-27,46-47,49-53,55-56H,3-4,6,8-10,12,15,18,21,24,28-45H2,1-2H3,(H,57,58,59)/b7-5-,13-11-,16-14-,19-17-,23-22-,26-20-,27-25-. The van der Waals surface area contributed by atoms with E-state index in [4.69, 9.17) is 18.9 Å². The predicted molar refractivity (Wildman–Crippen MR) is 262 cm³/mol. The van der Waals surface area contributed by atoms with E-state index >= 15 is 0 Å². The first kappa shape index (κ1) is 60.3. The molecule has 1 aliphatic heterocycles. The summed E-state index contributed by atoms with van der Waals surface area (Å²) in [5, 5.41) is 30.7. The third-order valence-electron chi connectivity index (χ3n) is 10.8. The van der Waals surface area contributed by atoms with Crippen LogP contribution in [0.15, 0.2) is 85.1 Å². The summed E-state index contributed by atoms with van der Waals surface area (Å²) in [5.41, 5.74) is 0. The van der Waals surface area contributed by atoms with Gasteiger partial charge in [0.05, 0.1) is 19.8 Å². The van der Waals surface area contributed by atoms with Gasteiger partial charge in [-0.2, -0.15) is 8.42 Å². The molecule has 0 spiro atoms. The highest BCUT2D eigenvalue weighted by molar-refractivity contribution is 7.80. The summed E-state index contributed by atoms with van der Waals surface area (Å²) in [7, 11) is -5.07. The van der Waals surface area contributed by atoms with Crippen molar-refractivity contribution in [3.05, 3.63) is 85.1 Å². The van der Waals surface area contributed by atoms with E-state index in [9.17, 15) is 33.1 Å². The third-order valence-corrected chi connectivity index (χ3v) is 11.2. The van der Waals surface area contributed by atoms with Gasteiger partial charge in [-0.1, -0.05) is 163 Å². The Balaban J connectivity index is 2.42. The Kier molecular flexibility index (Phi) is 39.5. The minimum atomic E-state index is -5.07. The molecule has 0 amide bonds. The summed E-state index contributed by atoms with van der Waals surface area (Å²) in [6.45, 7) is 3.80. The van der Waals surface area contributed by atoms with Crippen molar-refractivity contribution in [2.45, 2.75) is 211 Å². The minimum absolute atomic E-state index is 0.0156. The fourth-order valence-corrected chi connectivity index (χ4v) is 7.53. The molecule has 6 atom stereocenters. The topological polar surface area (TPSA) is 178 Å². The lowest BCUT2D eigenvalue weighted by molar-refractivity contribution is -0.301. The number of allylic oxidation sites excluding steroid dienone is 14. The van der Waals surface area contributed by atoms with Crippen LogP contribution in [0.25, 0.3) is 0 Å².